The van der Waals surface area contributed by atoms with Crippen LogP contribution in [0.2, 0.25) is 0 Å². The molecule has 0 spiro atoms. The fourth-order valence-electron chi connectivity index (χ4n) is 13.1. The van der Waals surface area contributed by atoms with Gasteiger partial charge in [-0.05, 0) is 112 Å². The molecular formula is C86H67N37O4. The van der Waals surface area contributed by atoms with E-state index in [1.807, 2.05) is 76.3 Å². The van der Waals surface area contributed by atoms with E-state index in [2.05, 4.69) is 161 Å². The maximum absolute atomic E-state index is 12.6. The molecule has 20 aromatic heterocycles. The highest BCUT2D eigenvalue weighted by atomic mass is 16.2. The van der Waals surface area contributed by atoms with Crippen LogP contribution in [0.1, 0.15) is 17.1 Å². The average Bonchev–Trinajstić information content (AvgIpc) is 1.65. The van der Waals surface area contributed by atoms with Crippen molar-refractivity contribution in [2.45, 2.75) is 47.0 Å². The lowest BCUT2D eigenvalue weighted by atomic mass is 10.1. The van der Waals surface area contributed by atoms with E-state index in [9.17, 15) is 19.2 Å². The van der Waals surface area contributed by atoms with Gasteiger partial charge in [0.2, 0.25) is 23.6 Å². The number of imidazole rings is 1. The molecular weight excluding hydrogens is 1620 g/mol. The van der Waals surface area contributed by atoms with Gasteiger partial charge in [0, 0.05) is 127 Å². The Hall–Kier alpha value is -18.3. The quantitative estimate of drug-likeness (QED) is 0.0551. The number of amides is 4. The first-order valence-electron chi connectivity index (χ1n) is 38.7. The SMILES string of the molecule is Cc1cc(-c2ncnc3c2cnn3CC(=O)Nc2ccc(-c3cnccn3)nc2)ccn1.Cc1cc(-c2ncnc3c2cnn3CC(=O)Nc2ccc(-c3cnccn3)nc2)ccn1.Cc1cc(-c2ncnc3c2ncn3CC(=O)Nc2ccc(-c3cnccn3)nc2)ccn1.Cn1nccc1-c1ncnc2c1cnn2CC(=O)Nc1ccc(-c2cnccn2)cn1. The molecule has 0 unspecified atom stereocenters. The molecule has 0 aliphatic rings. The third kappa shape index (κ3) is 19.3. The molecule has 4 amide bonds. The van der Waals surface area contributed by atoms with Gasteiger partial charge in [-0.2, -0.15) is 20.4 Å². The number of nitrogens with one attached hydrogen (secondary N) is 4. The lowest BCUT2D eigenvalue weighted by Crippen LogP contribution is -2.20. The normalized spacial score (nSPS) is 10.9. The highest BCUT2D eigenvalue weighted by molar-refractivity contribution is 5.97. The van der Waals surface area contributed by atoms with E-state index in [1.165, 1.54) is 30.0 Å². The van der Waals surface area contributed by atoms with Crippen LogP contribution in [0.15, 0.2) is 265 Å². The Labute approximate surface area is 717 Å². The molecule has 20 heterocycles. The van der Waals surface area contributed by atoms with E-state index >= 15 is 0 Å². The van der Waals surface area contributed by atoms with Gasteiger partial charge in [-0.1, -0.05) is 0 Å². The summed E-state index contributed by atoms with van der Waals surface area (Å²) in [6.07, 6.45) is 45.1. The molecule has 41 nitrogen and oxygen atoms in total. The van der Waals surface area contributed by atoms with E-state index < -0.39 is 0 Å². The zero-order chi connectivity index (χ0) is 87.0. The molecule has 127 heavy (non-hydrogen) atoms. The summed E-state index contributed by atoms with van der Waals surface area (Å²) >= 11 is 0. The van der Waals surface area contributed by atoms with Crippen molar-refractivity contribution in [2.75, 3.05) is 21.3 Å². The zero-order valence-electron chi connectivity index (χ0n) is 67.5. The number of pyridine rings is 7. The summed E-state index contributed by atoms with van der Waals surface area (Å²) in [6, 6.07) is 27.5. The maximum Gasteiger partial charge on any atom is 0.247 e. The molecule has 0 bridgehead atoms. The van der Waals surface area contributed by atoms with Crippen LogP contribution in [-0.4, -0.2) is 187 Å². The molecule has 4 N–H and O–H groups in total. The van der Waals surface area contributed by atoms with E-state index in [0.717, 1.165) is 72.6 Å². The summed E-state index contributed by atoms with van der Waals surface area (Å²) in [5.74, 6) is -0.559. The predicted octanol–water partition coefficient (Wildman–Crippen LogP) is 9.78. The standard InChI is InChI=1S/3C22H17N9O.C20H16N10O/c2*1-14-8-15(4-5-24-14)21-17-10-29-31(22(17)28-13-27-21)12-20(32)30-16-2-3-18(26-9-16)19-11-23-6-7-25-19;1-14-8-15(4-5-24-14)20-21-22(28-12-27-20)31(13-29-21)11-19(32)30-16-2-3-17(26-9-16)18-10-23-6-7-25-18;1-29-16(4-5-26-29)19-14-9-27-30(20(14)25-12-24-19)11-18(31)28-17-3-2-13(8-23-17)15-10-21-6-7-22-15/h2*2-11,13H,12H2,1H3,(H,30,32);2-10,12-13H,11H2,1H3,(H,30,32);2-10,12H,11H2,1H3,(H,23,28,31). The molecule has 0 saturated carbocycles. The molecule has 0 aliphatic carbocycles. The summed E-state index contributed by atoms with van der Waals surface area (Å²) in [5, 5.41) is 30.7. The number of hydrogen-bond donors (Lipinski definition) is 4. The molecule has 41 heteroatoms. The lowest BCUT2D eigenvalue weighted by molar-refractivity contribution is -0.117. The predicted molar refractivity (Wildman–Crippen MR) is 463 cm³/mol. The van der Waals surface area contributed by atoms with Crippen molar-refractivity contribution in [3.63, 3.8) is 0 Å². The van der Waals surface area contributed by atoms with Crippen LogP contribution in [0.5, 0.6) is 0 Å². The molecule has 0 radical (unpaired) electrons. The Morgan fingerprint density at radius 1 is 0.291 bits per heavy atom. The van der Waals surface area contributed by atoms with Crippen LogP contribution in [0.25, 0.3) is 135 Å². The number of aromatic nitrogens is 33. The number of carbonyl (C=O) groups is 4. The molecule has 0 aliphatic heterocycles. The second kappa shape index (κ2) is 37.5. The van der Waals surface area contributed by atoms with Gasteiger partial charge in [-0.3, -0.25) is 93.6 Å². The summed E-state index contributed by atoms with van der Waals surface area (Å²) in [7, 11) is 1.84. The third-order valence-corrected chi connectivity index (χ3v) is 19.0. The number of anilines is 4. The van der Waals surface area contributed by atoms with Crippen molar-refractivity contribution < 1.29 is 19.2 Å². The molecule has 20 rings (SSSR count). The Bertz CT molecular complexity index is 6770. The van der Waals surface area contributed by atoms with Gasteiger partial charge in [0.25, 0.3) is 0 Å². The summed E-state index contributed by atoms with van der Waals surface area (Å²) in [6.45, 7) is 5.80. The lowest BCUT2D eigenvalue weighted by Gasteiger charge is -2.07. The van der Waals surface area contributed by atoms with Gasteiger partial charge in [0.05, 0.1) is 141 Å². The first-order valence-corrected chi connectivity index (χ1v) is 38.7. The van der Waals surface area contributed by atoms with Gasteiger partial charge in [0.15, 0.2) is 22.6 Å². The maximum atomic E-state index is 12.6. The third-order valence-electron chi connectivity index (χ3n) is 19.0. The number of aryl methyl sites for hydroxylation is 4. The van der Waals surface area contributed by atoms with Crippen molar-refractivity contribution >= 4 is 90.8 Å². The van der Waals surface area contributed by atoms with Crippen LogP contribution in [0, 0.1) is 20.8 Å². The first kappa shape index (κ1) is 81.0. The monoisotopic (exact) mass is 1680 g/mol. The fraction of sp³-hybridized carbons (Fsp3) is 0.0930. The number of carbonyl (C=O) groups excluding carboxylic acids is 4. The van der Waals surface area contributed by atoms with Crippen LogP contribution in [-0.2, 0) is 52.4 Å². The minimum Gasteiger partial charge on any atom is -0.323 e. The highest BCUT2D eigenvalue weighted by Crippen LogP contribution is 2.31. The molecule has 0 atom stereocenters. The number of hydrogen-bond acceptors (Lipinski definition) is 32. The van der Waals surface area contributed by atoms with Gasteiger partial charge in [0.1, 0.15) is 91.3 Å². The van der Waals surface area contributed by atoms with Crippen molar-refractivity contribution in [1.29, 1.82) is 0 Å². The van der Waals surface area contributed by atoms with Gasteiger partial charge < -0.3 is 25.8 Å². The van der Waals surface area contributed by atoms with Crippen molar-refractivity contribution in [1.82, 2.24) is 163 Å². The average molecular weight is 1680 g/mol. The summed E-state index contributed by atoms with van der Waals surface area (Å²) in [4.78, 5) is 153. The largest absolute Gasteiger partial charge is 0.323 e. The van der Waals surface area contributed by atoms with Crippen LogP contribution in [0.3, 0.4) is 0 Å². The topological polar surface area (TPSA) is 502 Å². The molecule has 0 saturated heterocycles. The smallest absolute Gasteiger partial charge is 0.247 e. The minimum atomic E-state index is -0.273. The first-order chi connectivity index (χ1) is 62.2. The highest BCUT2D eigenvalue weighted by Gasteiger charge is 2.21. The summed E-state index contributed by atoms with van der Waals surface area (Å²) < 4.78 is 8.03. The molecule has 0 fully saturated rings. The fourth-order valence-corrected chi connectivity index (χ4v) is 13.1. The number of nitrogens with zero attached hydrogens (tertiary/aromatic N) is 33. The minimum absolute atomic E-state index is 0.00123. The van der Waals surface area contributed by atoms with E-state index in [4.69, 9.17) is 0 Å². The van der Waals surface area contributed by atoms with Crippen molar-refractivity contribution in [3.05, 3.63) is 282 Å². The van der Waals surface area contributed by atoms with Crippen LogP contribution in [0.4, 0.5) is 22.9 Å². The molecule has 620 valence electrons. The second-order valence-corrected chi connectivity index (χ2v) is 27.7. The van der Waals surface area contributed by atoms with Gasteiger partial charge >= 0.3 is 0 Å². The second-order valence-electron chi connectivity index (χ2n) is 27.7. The Kier molecular flexibility index (Phi) is 23.9. The van der Waals surface area contributed by atoms with E-state index in [1.54, 1.807) is 210 Å². The van der Waals surface area contributed by atoms with Crippen molar-refractivity contribution in [2.24, 2.45) is 7.05 Å². The van der Waals surface area contributed by atoms with Crippen LogP contribution >= 0.6 is 0 Å². The zero-order valence-corrected chi connectivity index (χ0v) is 67.5. The molecule has 20 aromatic rings. The van der Waals surface area contributed by atoms with Gasteiger partial charge in [-0.15, -0.1) is 0 Å². The van der Waals surface area contributed by atoms with Crippen LogP contribution < -0.4 is 21.3 Å². The Morgan fingerprint density at radius 2 is 0.693 bits per heavy atom. The van der Waals surface area contributed by atoms with E-state index in [-0.39, 0.29) is 49.8 Å². The molecule has 0 aromatic carbocycles. The van der Waals surface area contributed by atoms with Gasteiger partial charge in [-0.25, -0.2) is 63.9 Å². The van der Waals surface area contributed by atoms with Crippen molar-refractivity contribution in [3.8, 4) is 90.6 Å². The Morgan fingerprint density at radius 3 is 1.09 bits per heavy atom. The Balaban J connectivity index is 0.000000119. The van der Waals surface area contributed by atoms with E-state index in [0.29, 0.717) is 102 Å². The number of rotatable bonds is 20. The number of fused-ring (bicyclic) bond motifs is 4. The summed E-state index contributed by atoms with van der Waals surface area (Å²) in [5.41, 5.74) is 19.3.